The van der Waals surface area contributed by atoms with E-state index in [4.69, 9.17) is 17.3 Å². The summed E-state index contributed by atoms with van der Waals surface area (Å²) < 4.78 is 50.8. The Morgan fingerprint density at radius 1 is 1.20 bits per heavy atom. The Bertz CT molecular complexity index is 645. The summed E-state index contributed by atoms with van der Waals surface area (Å²) in [5.41, 5.74) is 4.13. The van der Waals surface area contributed by atoms with Crippen molar-refractivity contribution in [3.05, 3.63) is 41.1 Å². The number of halogens is 5. The lowest BCUT2D eigenvalue weighted by Crippen LogP contribution is -2.09. The Balaban J connectivity index is 2.38. The fraction of sp³-hybridized carbons (Fsp3) is 0.0909. The van der Waals surface area contributed by atoms with Crippen molar-refractivity contribution in [1.29, 1.82) is 0 Å². The fourth-order valence-electron chi connectivity index (χ4n) is 1.43. The van der Waals surface area contributed by atoms with Gasteiger partial charge in [-0.05, 0) is 18.2 Å². The van der Waals surface area contributed by atoms with Crippen LogP contribution in [-0.4, -0.2) is 9.97 Å². The highest BCUT2D eigenvalue weighted by Gasteiger charge is 2.34. The molecule has 0 bridgehead atoms. The first-order chi connectivity index (χ1) is 9.29. The van der Waals surface area contributed by atoms with Crippen LogP contribution < -0.4 is 11.1 Å². The molecule has 0 aliphatic heterocycles. The van der Waals surface area contributed by atoms with Crippen LogP contribution in [-0.2, 0) is 6.18 Å². The number of anilines is 3. The Kier molecular flexibility index (Phi) is 3.67. The van der Waals surface area contributed by atoms with E-state index in [1.54, 1.807) is 0 Å². The molecule has 0 fully saturated rings. The number of hydrogen-bond donors (Lipinski definition) is 2. The van der Waals surface area contributed by atoms with E-state index in [9.17, 15) is 17.6 Å². The minimum absolute atomic E-state index is 0.0212. The number of nitrogens with zero attached hydrogens (tertiary/aromatic N) is 2. The summed E-state index contributed by atoms with van der Waals surface area (Å²) in [6, 6.07) is 2.44. The molecule has 1 aromatic carbocycles. The second kappa shape index (κ2) is 5.12. The molecule has 1 heterocycles. The summed E-state index contributed by atoms with van der Waals surface area (Å²) in [6.45, 7) is 0. The quantitative estimate of drug-likeness (QED) is 0.657. The molecule has 0 aliphatic rings. The van der Waals surface area contributed by atoms with Gasteiger partial charge in [-0.25, -0.2) is 14.4 Å². The maximum atomic E-state index is 13.1. The van der Waals surface area contributed by atoms with Gasteiger partial charge in [0, 0.05) is 5.69 Å². The van der Waals surface area contributed by atoms with E-state index in [-0.39, 0.29) is 22.3 Å². The molecule has 0 amide bonds. The summed E-state index contributed by atoms with van der Waals surface area (Å²) >= 11 is 5.65. The molecule has 20 heavy (non-hydrogen) atoms. The van der Waals surface area contributed by atoms with Gasteiger partial charge in [0.1, 0.15) is 17.8 Å². The second-order valence-electron chi connectivity index (χ2n) is 3.74. The summed E-state index contributed by atoms with van der Waals surface area (Å²) in [4.78, 5) is 7.34. The number of alkyl halides is 3. The van der Waals surface area contributed by atoms with Crippen LogP contribution in [0.5, 0.6) is 0 Å². The van der Waals surface area contributed by atoms with Crippen molar-refractivity contribution in [1.82, 2.24) is 9.97 Å². The van der Waals surface area contributed by atoms with Gasteiger partial charge in [0.15, 0.2) is 11.0 Å². The monoisotopic (exact) mass is 306 g/mol. The van der Waals surface area contributed by atoms with Gasteiger partial charge in [-0.3, -0.25) is 0 Å². The van der Waals surface area contributed by atoms with Crippen LogP contribution in [0, 0.1) is 5.82 Å². The van der Waals surface area contributed by atoms with Crippen LogP contribution in [0.4, 0.5) is 34.8 Å². The molecule has 1 aromatic heterocycles. The van der Waals surface area contributed by atoms with E-state index in [1.807, 2.05) is 0 Å². The van der Waals surface area contributed by atoms with Crippen LogP contribution in [0.25, 0.3) is 0 Å². The highest BCUT2D eigenvalue weighted by Crippen LogP contribution is 2.34. The number of hydrogen-bond acceptors (Lipinski definition) is 4. The first-order valence-electron chi connectivity index (χ1n) is 5.19. The number of nitrogens with two attached hydrogens (primary N) is 1. The van der Waals surface area contributed by atoms with Crippen molar-refractivity contribution in [2.24, 2.45) is 0 Å². The highest BCUT2D eigenvalue weighted by atomic mass is 35.5. The zero-order valence-corrected chi connectivity index (χ0v) is 10.4. The number of nitrogens with one attached hydrogen (secondary N) is 1. The lowest BCUT2D eigenvalue weighted by atomic mass is 10.2. The maximum absolute atomic E-state index is 13.1. The number of rotatable bonds is 2. The zero-order valence-electron chi connectivity index (χ0n) is 9.67. The molecule has 2 rings (SSSR count). The molecule has 9 heteroatoms. The Hall–Kier alpha value is -2.09. The van der Waals surface area contributed by atoms with Crippen molar-refractivity contribution in [3.8, 4) is 0 Å². The molecule has 0 atom stereocenters. The van der Waals surface area contributed by atoms with Crippen molar-refractivity contribution < 1.29 is 17.6 Å². The molecule has 0 saturated carbocycles. The minimum Gasteiger partial charge on any atom is -0.393 e. The third-order valence-corrected chi connectivity index (χ3v) is 2.67. The summed E-state index contributed by atoms with van der Waals surface area (Å²) in [6.07, 6.45) is -3.70. The summed E-state index contributed by atoms with van der Waals surface area (Å²) in [5, 5.41) is 2.48. The van der Waals surface area contributed by atoms with Crippen LogP contribution >= 0.6 is 11.6 Å². The number of aromatic nitrogens is 2. The summed E-state index contributed by atoms with van der Waals surface area (Å²) in [5.74, 6) is -1.33. The Morgan fingerprint density at radius 2 is 1.90 bits per heavy atom. The zero-order chi connectivity index (χ0) is 14.9. The molecule has 0 aliphatic carbocycles. The van der Waals surface area contributed by atoms with Gasteiger partial charge in [-0.15, -0.1) is 0 Å². The highest BCUT2D eigenvalue weighted by molar-refractivity contribution is 6.32. The Morgan fingerprint density at radius 3 is 2.55 bits per heavy atom. The third kappa shape index (κ3) is 2.90. The lowest BCUT2D eigenvalue weighted by Gasteiger charge is -2.12. The largest absolute Gasteiger partial charge is 0.419 e. The molecule has 4 nitrogen and oxygen atoms in total. The standard InChI is InChI=1S/C11H7ClF4N4/c12-9-8(17)10(19-4-18-9)20-5-1-2-7(13)6(3-5)11(14,15)16/h1-4H,17H2,(H,18,19,20). The first kappa shape index (κ1) is 14.3. The van der Waals surface area contributed by atoms with Gasteiger partial charge >= 0.3 is 6.18 Å². The van der Waals surface area contributed by atoms with E-state index in [0.717, 1.165) is 12.4 Å². The van der Waals surface area contributed by atoms with Crippen molar-refractivity contribution in [2.75, 3.05) is 11.1 Å². The predicted molar refractivity (Wildman–Crippen MR) is 66.1 cm³/mol. The molecule has 0 unspecified atom stereocenters. The second-order valence-corrected chi connectivity index (χ2v) is 4.10. The third-order valence-electron chi connectivity index (χ3n) is 2.37. The molecular weight excluding hydrogens is 300 g/mol. The fourth-order valence-corrected chi connectivity index (χ4v) is 1.56. The van der Waals surface area contributed by atoms with E-state index >= 15 is 0 Å². The average Bonchev–Trinajstić information content (AvgIpc) is 2.36. The van der Waals surface area contributed by atoms with Crippen molar-refractivity contribution in [3.63, 3.8) is 0 Å². The number of benzene rings is 1. The van der Waals surface area contributed by atoms with E-state index in [2.05, 4.69) is 15.3 Å². The van der Waals surface area contributed by atoms with Gasteiger partial charge in [0.05, 0.1) is 5.56 Å². The topological polar surface area (TPSA) is 63.8 Å². The molecule has 3 N–H and O–H groups in total. The van der Waals surface area contributed by atoms with Crippen LogP contribution in [0.2, 0.25) is 5.15 Å². The Labute approximate surface area is 115 Å². The normalized spacial score (nSPS) is 11.4. The molecule has 0 spiro atoms. The van der Waals surface area contributed by atoms with Crippen LogP contribution in [0.1, 0.15) is 5.56 Å². The minimum atomic E-state index is -4.80. The van der Waals surface area contributed by atoms with Gasteiger partial charge in [0.25, 0.3) is 0 Å². The number of nitrogen functional groups attached to an aromatic ring is 1. The summed E-state index contributed by atoms with van der Waals surface area (Å²) in [7, 11) is 0. The molecule has 106 valence electrons. The van der Waals surface area contributed by atoms with E-state index < -0.39 is 17.6 Å². The average molecular weight is 307 g/mol. The van der Waals surface area contributed by atoms with Crippen molar-refractivity contribution in [2.45, 2.75) is 6.18 Å². The predicted octanol–water partition coefficient (Wildman–Crippen LogP) is 3.61. The van der Waals surface area contributed by atoms with Gasteiger partial charge in [-0.1, -0.05) is 11.6 Å². The lowest BCUT2D eigenvalue weighted by molar-refractivity contribution is -0.139. The molecular formula is C11H7ClF4N4. The van der Waals surface area contributed by atoms with Crippen LogP contribution in [0.3, 0.4) is 0 Å². The smallest absolute Gasteiger partial charge is 0.393 e. The van der Waals surface area contributed by atoms with E-state index in [0.29, 0.717) is 12.1 Å². The molecule has 0 saturated heterocycles. The van der Waals surface area contributed by atoms with Crippen molar-refractivity contribution >= 4 is 28.8 Å². The SMILES string of the molecule is Nc1c(Cl)ncnc1Nc1ccc(F)c(C(F)(F)F)c1. The molecule has 0 radical (unpaired) electrons. The van der Waals surface area contributed by atoms with Gasteiger partial charge in [0.2, 0.25) is 0 Å². The van der Waals surface area contributed by atoms with Crippen LogP contribution in [0.15, 0.2) is 24.5 Å². The van der Waals surface area contributed by atoms with Gasteiger partial charge < -0.3 is 11.1 Å². The first-order valence-corrected chi connectivity index (χ1v) is 5.56. The van der Waals surface area contributed by atoms with E-state index in [1.165, 1.54) is 0 Å². The maximum Gasteiger partial charge on any atom is 0.419 e. The molecule has 2 aromatic rings. The van der Waals surface area contributed by atoms with Gasteiger partial charge in [-0.2, -0.15) is 13.2 Å².